The summed E-state index contributed by atoms with van der Waals surface area (Å²) in [5.41, 5.74) is -1.15. The summed E-state index contributed by atoms with van der Waals surface area (Å²) >= 11 is 0. The lowest BCUT2D eigenvalue weighted by atomic mass is 9.99. The van der Waals surface area contributed by atoms with Crippen molar-refractivity contribution in [3.63, 3.8) is 0 Å². The van der Waals surface area contributed by atoms with E-state index in [1.807, 2.05) is 0 Å². The highest BCUT2D eigenvalue weighted by Crippen LogP contribution is 2.34. The van der Waals surface area contributed by atoms with Crippen molar-refractivity contribution in [2.75, 3.05) is 0 Å². The highest BCUT2D eigenvalue weighted by atomic mass is 16.6. The summed E-state index contributed by atoms with van der Waals surface area (Å²) in [6.07, 6.45) is 0.244. The highest BCUT2D eigenvalue weighted by molar-refractivity contribution is 6.04. The fourth-order valence-corrected chi connectivity index (χ4v) is 3.00. The molecule has 1 amide bonds. The molecule has 1 atom stereocenters. The van der Waals surface area contributed by atoms with Crippen LogP contribution in [0.15, 0.2) is 39.0 Å². The summed E-state index contributed by atoms with van der Waals surface area (Å²) in [5, 5.41) is 26.5. The monoisotopic (exact) mass is 387 g/mol. The minimum atomic E-state index is -0.812. The summed E-state index contributed by atoms with van der Waals surface area (Å²) in [6.45, 7) is 1.65. The normalized spacial score (nSPS) is 16.1. The first kappa shape index (κ1) is 19.0. The first-order valence-corrected chi connectivity index (χ1v) is 8.41. The Hall–Kier alpha value is -3.76. The van der Waals surface area contributed by atoms with E-state index in [2.05, 4.69) is 10.1 Å². The largest absolute Gasteiger partial charge is 0.494 e. The van der Waals surface area contributed by atoms with Crippen molar-refractivity contribution in [3.8, 4) is 5.88 Å². The van der Waals surface area contributed by atoms with Gasteiger partial charge in [0.1, 0.15) is 5.56 Å². The number of aromatic nitrogens is 2. The third-order valence-corrected chi connectivity index (χ3v) is 4.54. The van der Waals surface area contributed by atoms with Crippen molar-refractivity contribution in [1.82, 2.24) is 14.6 Å². The van der Waals surface area contributed by atoms with Crippen LogP contribution in [-0.2, 0) is 11.8 Å². The fraction of sp³-hybridized carbons (Fsp3) is 0.294. The summed E-state index contributed by atoms with van der Waals surface area (Å²) in [6, 6.07) is 5.07. The highest BCUT2D eigenvalue weighted by Gasteiger charge is 2.35. The number of benzene rings is 1. The number of amides is 1. The molecule has 2 aromatic rings. The maximum atomic E-state index is 12.3. The van der Waals surface area contributed by atoms with Gasteiger partial charge in [-0.25, -0.2) is 9.80 Å². The molecule has 2 N–H and O–H groups in total. The molecular formula is C17H17N5O6. The molecule has 0 fully saturated rings. The molecule has 0 radical (unpaired) electrons. The zero-order valence-electron chi connectivity index (χ0n) is 15.1. The van der Waals surface area contributed by atoms with E-state index in [1.54, 1.807) is 6.92 Å². The lowest BCUT2D eigenvalue weighted by Crippen LogP contribution is -2.32. The number of hydrogen-bond acceptors (Lipinski definition) is 7. The van der Waals surface area contributed by atoms with Crippen molar-refractivity contribution in [2.24, 2.45) is 12.1 Å². The molecule has 11 heteroatoms. The molecule has 0 spiro atoms. The van der Waals surface area contributed by atoms with E-state index in [1.165, 1.54) is 36.3 Å². The number of nitrogens with zero attached hydrogens (tertiary/aromatic N) is 4. The summed E-state index contributed by atoms with van der Waals surface area (Å²) < 4.78 is 0.866. The second kappa shape index (κ2) is 7.10. The number of rotatable bonds is 4. The van der Waals surface area contributed by atoms with Crippen LogP contribution in [0, 0.1) is 10.1 Å². The van der Waals surface area contributed by atoms with Gasteiger partial charge in [0.2, 0.25) is 11.8 Å². The molecule has 3 rings (SSSR count). The van der Waals surface area contributed by atoms with E-state index < -0.39 is 28.1 Å². The maximum absolute atomic E-state index is 12.3. The van der Waals surface area contributed by atoms with E-state index in [0.29, 0.717) is 5.56 Å². The molecule has 0 saturated heterocycles. The summed E-state index contributed by atoms with van der Waals surface area (Å²) in [4.78, 5) is 48.6. The number of aromatic amines is 1. The molecule has 0 unspecified atom stereocenters. The van der Waals surface area contributed by atoms with E-state index >= 15 is 0 Å². The topological polar surface area (TPSA) is 151 Å². The Labute approximate surface area is 157 Å². The Kier molecular flexibility index (Phi) is 4.82. The van der Waals surface area contributed by atoms with Crippen LogP contribution in [0.3, 0.4) is 0 Å². The first-order valence-electron chi connectivity index (χ1n) is 8.41. The lowest BCUT2D eigenvalue weighted by Gasteiger charge is -2.21. The molecule has 1 aliphatic rings. The van der Waals surface area contributed by atoms with Gasteiger partial charge in [0.05, 0.1) is 16.7 Å². The number of hydrazone groups is 1. The smallest absolute Gasteiger partial charge is 0.330 e. The number of carbonyl (C=O) groups excluding carboxylic acids is 1. The van der Waals surface area contributed by atoms with Crippen LogP contribution in [0.5, 0.6) is 5.88 Å². The van der Waals surface area contributed by atoms with Crippen LogP contribution in [0.4, 0.5) is 5.69 Å². The van der Waals surface area contributed by atoms with Gasteiger partial charge >= 0.3 is 5.69 Å². The predicted octanol–water partition coefficient (Wildman–Crippen LogP) is 0.775. The van der Waals surface area contributed by atoms with Crippen molar-refractivity contribution < 1.29 is 14.8 Å². The standard InChI is InChI=1S/C17H17N5O6/c1-3-13(23)21-12(9-4-6-10(7-5-9)22(27)28)8-11(19-21)14-15(24)18-17(26)20(2)16(14)25/h4-7,12,25H,3,8H2,1-2H3,(H,18,24,26)/t12-/m0/s1. The molecule has 2 heterocycles. The second-order valence-corrected chi connectivity index (χ2v) is 6.22. The first-order chi connectivity index (χ1) is 13.2. The molecule has 0 aliphatic carbocycles. The van der Waals surface area contributed by atoms with E-state index in [4.69, 9.17) is 0 Å². The van der Waals surface area contributed by atoms with Gasteiger partial charge in [-0.05, 0) is 5.56 Å². The number of non-ortho nitro benzene ring substituents is 1. The van der Waals surface area contributed by atoms with Crippen molar-refractivity contribution in [3.05, 3.63) is 66.3 Å². The van der Waals surface area contributed by atoms with Crippen LogP contribution < -0.4 is 11.2 Å². The van der Waals surface area contributed by atoms with Gasteiger partial charge in [0.15, 0.2) is 0 Å². The molecule has 0 saturated carbocycles. The fourth-order valence-electron chi connectivity index (χ4n) is 3.00. The zero-order valence-corrected chi connectivity index (χ0v) is 15.1. The Bertz CT molecular complexity index is 1100. The Morgan fingerprint density at radius 1 is 1.36 bits per heavy atom. The van der Waals surface area contributed by atoms with Gasteiger partial charge in [-0.3, -0.25) is 29.3 Å². The van der Waals surface area contributed by atoms with Gasteiger partial charge in [-0.15, -0.1) is 0 Å². The van der Waals surface area contributed by atoms with Crippen LogP contribution in [-0.4, -0.2) is 36.2 Å². The molecule has 146 valence electrons. The Balaban J connectivity index is 2.06. The van der Waals surface area contributed by atoms with Gasteiger partial charge in [-0.1, -0.05) is 19.1 Å². The van der Waals surface area contributed by atoms with Crippen LogP contribution in [0.1, 0.15) is 36.9 Å². The van der Waals surface area contributed by atoms with E-state index in [0.717, 1.165) is 4.57 Å². The molecule has 1 aromatic carbocycles. The minimum absolute atomic E-state index is 0.0941. The third kappa shape index (κ3) is 3.17. The predicted molar refractivity (Wildman–Crippen MR) is 98.1 cm³/mol. The third-order valence-electron chi connectivity index (χ3n) is 4.54. The number of hydrogen-bond donors (Lipinski definition) is 2. The molecule has 11 nitrogen and oxygen atoms in total. The molecule has 1 aliphatic heterocycles. The van der Waals surface area contributed by atoms with Crippen LogP contribution >= 0.6 is 0 Å². The second-order valence-electron chi connectivity index (χ2n) is 6.22. The number of H-pyrrole nitrogens is 1. The average molecular weight is 387 g/mol. The minimum Gasteiger partial charge on any atom is -0.494 e. The van der Waals surface area contributed by atoms with Gasteiger partial charge in [0, 0.05) is 32.0 Å². The SMILES string of the molecule is CCC(=O)N1N=C(c2c(O)n(C)c(=O)[nH]c2=O)C[C@H]1c1ccc([N+](=O)[O-])cc1. The van der Waals surface area contributed by atoms with E-state index in [-0.39, 0.29) is 35.7 Å². The van der Waals surface area contributed by atoms with Gasteiger partial charge in [-0.2, -0.15) is 5.10 Å². The molecule has 28 heavy (non-hydrogen) atoms. The zero-order chi connectivity index (χ0) is 20.6. The van der Waals surface area contributed by atoms with Gasteiger partial charge < -0.3 is 5.11 Å². The molecule has 0 bridgehead atoms. The maximum Gasteiger partial charge on any atom is 0.330 e. The number of aromatic hydroxyl groups is 1. The van der Waals surface area contributed by atoms with Crippen molar-refractivity contribution >= 4 is 17.3 Å². The van der Waals surface area contributed by atoms with Crippen molar-refractivity contribution in [2.45, 2.75) is 25.8 Å². The lowest BCUT2D eigenvalue weighted by molar-refractivity contribution is -0.384. The number of nitro benzene ring substituents is 1. The Morgan fingerprint density at radius 2 is 2.00 bits per heavy atom. The van der Waals surface area contributed by atoms with Crippen molar-refractivity contribution in [1.29, 1.82) is 0 Å². The number of nitrogens with one attached hydrogen (secondary N) is 1. The quantitative estimate of drug-likeness (QED) is 0.584. The van der Waals surface area contributed by atoms with Crippen LogP contribution in [0.2, 0.25) is 0 Å². The van der Waals surface area contributed by atoms with Gasteiger partial charge in [0.25, 0.3) is 11.2 Å². The summed E-state index contributed by atoms with van der Waals surface area (Å²) in [5.74, 6) is -0.875. The average Bonchev–Trinajstić information content (AvgIpc) is 3.10. The Morgan fingerprint density at radius 3 is 2.57 bits per heavy atom. The van der Waals surface area contributed by atoms with Crippen LogP contribution in [0.25, 0.3) is 0 Å². The molecular weight excluding hydrogens is 370 g/mol. The number of carbonyl (C=O) groups is 1. The summed E-state index contributed by atoms with van der Waals surface area (Å²) in [7, 11) is 1.29. The van der Waals surface area contributed by atoms with E-state index in [9.17, 15) is 29.6 Å². The molecule has 1 aromatic heterocycles. The number of nitro groups is 1.